The highest BCUT2D eigenvalue weighted by molar-refractivity contribution is 6.01. The summed E-state index contributed by atoms with van der Waals surface area (Å²) in [6.07, 6.45) is 0.911. The van der Waals surface area contributed by atoms with Crippen LogP contribution in [0, 0.1) is 6.92 Å². The summed E-state index contributed by atoms with van der Waals surface area (Å²) in [5.74, 6) is -0.0549. The molecule has 2 saturated heterocycles. The lowest BCUT2D eigenvalue weighted by Gasteiger charge is -2.32. The van der Waals surface area contributed by atoms with Crippen LogP contribution in [-0.2, 0) is 16.1 Å². The zero-order chi connectivity index (χ0) is 19.4. The fourth-order valence-corrected chi connectivity index (χ4v) is 3.76. The first-order valence-electron chi connectivity index (χ1n) is 9.67. The van der Waals surface area contributed by atoms with Crippen molar-refractivity contribution in [2.24, 2.45) is 0 Å². The van der Waals surface area contributed by atoms with E-state index in [0.29, 0.717) is 19.4 Å². The lowest BCUT2D eigenvalue weighted by atomic mass is 10.1. The maximum absolute atomic E-state index is 12.4. The van der Waals surface area contributed by atoms with E-state index in [1.165, 1.54) is 25.8 Å². The Morgan fingerprint density at radius 1 is 1.15 bits per heavy atom. The normalized spacial score (nSPS) is 18.5. The van der Waals surface area contributed by atoms with Gasteiger partial charge in [0.2, 0.25) is 11.8 Å². The zero-order valence-corrected chi connectivity index (χ0v) is 16.2. The number of hydrogen-bond donors (Lipinski definition) is 1. The molecule has 27 heavy (non-hydrogen) atoms. The Labute approximate surface area is 160 Å². The molecular formula is C20H29N4O3+. The molecule has 1 N–H and O–H groups in total. The first kappa shape index (κ1) is 19.4. The van der Waals surface area contributed by atoms with Crippen molar-refractivity contribution in [3.05, 3.63) is 35.4 Å². The van der Waals surface area contributed by atoms with Gasteiger partial charge in [-0.2, -0.15) is 0 Å². The highest BCUT2D eigenvalue weighted by Gasteiger charge is 2.33. The van der Waals surface area contributed by atoms with Gasteiger partial charge in [0.05, 0.1) is 26.2 Å². The number of hydrogen-bond acceptors (Lipinski definition) is 3. The number of piperazine rings is 1. The van der Waals surface area contributed by atoms with E-state index in [4.69, 9.17) is 0 Å². The van der Waals surface area contributed by atoms with Gasteiger partial charge in [0.1, 0.15) is 13.1 Å². The number of carbonyl (C=O) groups excluding carboxylic acids is 3. The highest BCUT2D eigenvalue weighted by Crippen LogP contribution is 2.10. The molecule has 2 aliphatic rings. The molecule has 0 atom stereocenters. The molecular weight excluding hydrogens is 344 g/mol. The number of benzene rings is 1. The van der Waals surface area contributed by atoms with Gasteiger partial charge in [-0.1, -0.05) is 24.3 Å². The Morgan fingerprint density at radius 2 is 1.85 bits per heavy atom. The number of imide groups is 1. The van der Waals surface area contributed by atoms with Gasteiger partial charge in [-0.25, -0.2) is 4.79 Å². The van der Waals surface area contributed by atoms with Crippen molar-refractivity contribution in [2.75, 3.05) is 46.3 Å². The Hall–Kier alpha value is -2.41. The summed E-state index contributed by atoms with van der Waals surface area (Å²) in [7, 11) is 1.62. The number of likely N-dealkylation sites (N-methyl/N-ethyl adjacent to an activating group) is 1. The molecule has 2 heterocycles. The average Bonchev–Trinajstić information content (AvgIpc) is 2.90. The van der Waals surface area contributed by atoms with Gasteiger partial charge in [-0.3, -0.25) is 14.5 Å². The van der Waals surface area contributed by atoms with Crippen LogP contribution >= 0.6 is 0 Å². The van der Waals surface area contributed by atoms with Crippen LogP contribution in [0.3, 0.4) is 0 Å². The third-order valence-corrected chi connectivity index (χ3v) is 5.53. The summed E-state index contributed by atoms with van der Waals surface area (Å²) in [6.45, 7) is 7.05. The molecule has 0 aliphatic carbocycles. The minimum absolute atomic E-state index is 0.123. The van der Waals surface area contributed by atoms with Crippen LogP contribution < -0.4 is 4.90 Å². The van der Waals surface area contributed by atoms with E-state index in [2.05, 4.69) is 31.2 Å². The number of aryl methyl sites for hydroxylation is 1. The number of rotatable bonds is 6. The molecule has 2 aliphatic heterocycles. The highest BCUT2D eigenvalue weighted by atomic mass is 16.2. The monoisotopic (exact) mass is 373 g/mol. The summed E-state index contributed by atoms with van der Waals surface area (Å²) in [5, 5.41) is 0. The average molecular weight is 373 g/mol. The summed E-state index contributed by atoms with van der Waals surface area (Å²) >= 11 is 0. The first-order valence-corrected chi connectivity index (χ1v) is 9.67. The van der Waals surface area contributed by atoms with Crippen LogP contribution in [0.5, 0.6) is 0 Å². The molecule has 1 aromatic carbocycles. The number of carbonyl (C=O) groups is 3. The van der Waals surface area contributed by atoms with Crippen molar-refractivity contribution in [1.29, 1.82) is 0 Å². The van der Waals surface area contributed by atoms with Crippen LogP contribution in [0.15, 0.2) is 24.3 Å². The predicted molar refractivity (Wildman–Crippen MR) is 101 cm³/mol. The zero-order valence-electron chi connectivity index (χ0n) is 16.2. The van der Waals surface area contributed by atoms with Crippen molar-refractivity contribution in [3.63, 3.8) is 0 Å². The fraction of sp³-hybridized carbons (Fsp3) is 0.550. The smallest absolute Gasteiger partial charge is 0.326 e. The van der Waals surface area contributed by atoms with Gasteiger partial charge in [0, 0.05) is 25.6 Å². The number of nitrogens with one attached hydrogen (secondary N) is 1. The molecule has 146 valence electrons. The van der Waals surface area contributed by atoms with Gasteiger partial charge >= 0.3 is 6.03 Å². The lowest BCUT2D eigenvalue weighted by Crippen LogP contribution is -3.13. The van der Waals surface area contributed by atoms with E-state index < -0.39 is 0 Å². The minimum atomic E-state index is -0.263. The summed E-state index contributed by atoms with van der Waals surface area (Å²) in [6, 6.07) is 8.20. The molecule has 7 heteroatoms. The Kier molecular flexibility index (Phi) is 6.11. The maximum Gasteiger partial charge on any atom is 0.326 e. The third kappa shape index (κ3) is 4.66. The van der Waals surface area contributed by atoms with E-state index in [9.17, 15) is 14.4 Å². The predicted octanol–water partition coefficient (Wildman–Crippen LogP) is -0.104. The number of nitrogens with zero attached hydrogens (tertiary/aromatic N) is 3. The second-order valence-corrected chi connectivity index (χ2v) is 7.52. The third-order valence-electron chi connectivity index (χ3n) is 5.53. The van der Waals surface area contributed by atoms with Gasteiger partial charge in [0.15, 0.2) is 0 Å². The lowest BCUT2D eigenvalue weighted by molar-refractivity contribution is -0.917. The van der Waals surface area contributed by atoms with Gasteiger partial charge in [0.25, 0.3) is 0 Å². The quantitative estimate of drug-likeness (QED) is 0.708. The topological polar surface area (TPSA) is 65.4 Å². The second-order valence-electron chi connectivity index (χ2n) is 7.52. The molecule has 2 fully saturated rings. The summed E-state index contributed by atoms with van der Waals surface area (Å²) in [4.78, 5) is 42.1. The molecule has 7 nitrogen and oxygen atoms in total. The molecule has 0 aromatic heterocycles. The molecule has 3 rings (SSSR count). The molecule has 1 aromatic rings. The largest absolute Gasteiger partial charge is 0.331 e. The van der Waals surface area contributed by atoms with E-state index in [1.807, 2.05) is 4.90 Å². The molecule has 0 spiro atoms. The van der Waals surface area contributed by atoms with Crippen molar-refractivity contribution in [2.45, 2.75) is 26.3 Å². The van der Waals surface area contributed by atoms with Gasteiger partial charge in [-0.15, -0.1) is 0 Å². The number of urea groups is 1. The second kappa shape index (κ2) is 8.52. The summed E-state index contributed by atoms with van der Waals surface area (Å²) < 4.78 is 0. The van der Waals surface area contributed by atoms with E-state index in [-0.39, 0.29) is 24.4 Å². The van der Waals surface area contributed by atoms with Crippen LogP contribution in [0.1, 0.15) is 24.0 Å². The van der Waals surface area contributed by atoms with Crippen LogP contribution in [0.4, 0.5) is 4.79 Å². The fourth-order valence-electron chi connectivity index (χ4n) is 3.76. The van der Waals surface area contributed by atoms with Crippen LogP contribution in [-0.4, -0.2) is 78.9 Å². The van der Waals surface area contributed by atoms with Crippen molar-refractivity contribution in [1.82, 2.24) is 14.7 Å². The molecule has 0 radical (unpaired) electrons. The van der Waals surface area contributed by atoms with E-state index >= 15 is 0 Å². The van der Waals surface area contributed by atoms with Crippen molar-refractivity contribution < 1.29 is 19.3 Å². The SMILES string of the molecule is Cc1ccccc1C[NH+]1CCN(C(=O)CCCN2C(=O)CN(C)C2=O)CC1. The van der Waals surface area contributed by atoms with Crippen LogP contribution in [0.2, 0.25) is 0 Å². The maximum atomic E-state index is 12.4. The standard InChI is InChI=1S/C20H28N4O3/c1-16-6-3-4-7-17(16)14-22-10-12-23(13-11-22)18(25)8-5-9-24-19(26)15-21(2)20(24)27/h3-4,6-7H,5,8-15H2,1-2H3/p+1. The molecule has 4 amide bonds. The van der Waals surface area contributed by atoms with Gasteiger partial charge < -0.3 is 14.7 Å². The van der Waals surface area contributed by atoms with E-state index in [0.717, 1.165) is 32.7 Å². The van der Waals surface area contributed by atoms with Crippen LogP contribution in [0.25, 0.3) is 0 Å². The summed E-state index contributed by atoms with van der Waals surface area (Å²) in [5.41, 5.74) is 2.69. The molecule has 0 unspecified atom stereocenters. The number of amides is 4. The van der Waals surface area contributed by atoms with Crippen molar-refractivity contribution in [3.8, 4) is 0 Å². The van der Waals surface area contributed by atoms with E-state index in [1.54, 1.807) is 7.05 Å². The Bertz CT molecular complexity index is 713. The van der Waals surface area contributed by atoms with Crippen molar-refractivity contribution >= 4 is 17.8 Å². The Morgan fingerprint density at radius 3 is 2.48 bits per heavy atom. The molecule has 0 bridgehead atoms. The minimum Gasteiger partial charge on any atom is -0.331 e. The first-order chi connectivity index (χ1) is 13.0. The number of quaternary nitrogens is 1. The molecule has 0 saturated carbocycles. The Balaban J connectivity index is 1.39. The van der Waals surface area contributed by atoms with Gasteiger partial charge in [-0.05, 0) is 18.9 Å².